The number of methoxy groups -OCH3 is 1. The maximum atomic E-state index is 12.6. The summed E-state index contributed by atoms with van der Waals surface area (Å²) in [5.74, 6) is -0.262. The van der Waals surface area contributed by atoms with E-state index in [1.54, 1.807) is 13.2 Å². The van der Waals surface area contributed by atoms with Crippen LogP contribution in [0.15, 0.2) is 46.9 Å². The van der Waals surface area contributed by atoms with Crippen molar-refractivity contribution in [2.75, 3.05) is 7.11 Å². The van der Waals surface area contributed by atoms with Crippen molar-refractivity contribution in [1.82, 2.24) is 16.2 Å². The lowest BCUT2D eigenvalue weighted by molar-refractivity contribution is -0.170. The number of halogens is 1. The van der Waals surface area contributed by atoms with Crippen molar-refractivity contribution >= 4 is 21.9 Å². The van der Waals surface area contributed by atoms with Gasteiger partial charge in [-0.25, -0.2) is 15.6 Å². The van der Waals surface area contributed by atoms with Crippen LogP contribution in [0, 0.1) is 5.92 Å². The van der Waals surface area contributed by atoms with Gasteiger partial charge in [-0.1, -0.05) is 40.2 Å². The highest BCUT2D eigenvalue weighted by Crippen LogP contribution is 2.54. The average molecular weight is 446 g/mol. The number of rotatable bonds is 3. The van der Waals surface area contributed by atoms with Crippen LogP contribution in [0.1, 0.15) is 29.6 Å². The number of benzene rings is 2. The highest BCUT2D eigenvalue weighted by atomic mass is 79.9. The Hall–Kier alpha value is -2.13. The fourth-order valence-corrected chi connectivity index (χ4v) is 5.02. The van der Waals surface area contributed by atoms with Gasteiger partial charge in [0.05, 0.1) is 25.2 Å². The van der Waals surface area contributed by atoms with E-state index in [0.29, 0.717) is 17.9 Å². The molecular weight excluding hydrogens is 426 g/mol. The number of carboxylic acid groups (broad SMARTS) is 1. The Morgan fingerprint density at radius 2 is 2.04 bits per heavy atom. The number of ether oxygens (including phenoxy) is 2. The lowest BCUT2D eigenvalue weighted by Gasteiger charge is -2.50. The van der Waals surface area contributed by atoms with Crippen molar-refractivity contribution in [3.05, 3.63) is 58.1 Å². The van der Waals surface area contributed by atoms with Crippen LogP contribution in [0.2, 0.25) is 0 Å². The molecule has 2 saturated heterocycles. The van der Waals surface area contributed by atoms with Crippen molar-refractivity contribution in [2.45, 2.75) is 30.3 Å². The largest absolute Gasteiger partial charge is 0.493 e. The second-order valence-electron chi connectivity index (χ2n) is 7.42. The number of carbonyl (C=O) groups is 1. The highest BCUT2D eigenvalue weighted by Gasteiger charge is 2.64. The van der Waals surface area contributed by atoms with Gasteiger partial charge in [-0.05, 0) is 23.8 Å². The zero-order valence-electron chi connectivity index (χ0n) is 15.1. The average Bonchev–Trinajstić information content (AvgIpc) is 3.12. The predicted octanol–water partition coefficient (Wildman–Crippen LogP) is 2.50. The van der Waals surface area contributed by atoms with E-state index < -0.39 is 11.6 Å². The van der Waals surface area contributed by atoms with Crippen LogP contribution < -0.4 is 25.6 Å². The number of nitrogens with one attached hydrogen (secondary N) is 3. The molecule has 0 aromatic heterocycles. The normalized spacial score (nSPS) is 32.8. The van der Waals surface area contributed by atoms with Crippen LogP contribution in [0.25, 0.3) is 0 Å². The van der Waals surface area contributed by atoms with Crippen LogP contribution in [0.3, 0.4) is 0 Å². The molecule has 28 heavy (non-hydrogen) atoms. The van der Waals surface area contributed by atoms with Crippen LogP contribution in [-0.4, -0.2) is 30.0 Å². The van der Waals surface area contributed by atoms with Gasteiger partial charge in [-0.3, -0.25) is 5.32 Å². The zero-order valence-corrected chi connectivity index (χ0v) is 16.7. The summed E-state index contributed by atoms with van der Waals surface area (Å²) < 4.78 is 12.7. The molecular formula is C20H20BrN3O4. The van der Waals surface area contributed by atoms with Gasteiger partial charge in [0.15, 0.2) is 11.5 Å². The summed E-state index contributed by atoms with van der Waals surface area (Å²) in [5.41, 5.74) is 7.06. The molecule has 3 aliphatic rings. The van der Waals surface area contributed by atoms with Crippen LogP contribution in [-0.2, 0) is 4.79 Å². The Kier molecular flexibility index (Phi) is 4.13. The molecule has 0 amide bonds. The molecule has 3 aliphatic heterocycles. The predicted molar refractivity (Wildman–Crippen MR) is 105 cm³/mol. The molecule has 146 valence electrons. The molecule has 2 bridgehead atoms. The van der Waals surface area contributed by atoms with Gasteiger partial charge in [0, 0.05) is 22.5 Å². The van der Waals surface area contributed by atoms with Crippen LogP contribution in [0.5, 0.6) is 11.5 Å². The molecule has 0 radical (unpaired) electrons. The van der Waals surface area contributed by atoms with E-state index in [0.717, 1.165) is 15.6 Å². The van der Waals surface area contributed by atoms with Gasteiger partial charge >= 0.3 is 5.97 Å². The molecule has 2 aromatic rings. The smallest absolute Gasteiger partial charge is 0.348 e. The summed E-state index contributed by atoms with van der Waals surface area (Å²) in [5, 5.41) is 13.9. The lowest BCUT2D eigenvalue weighted by atomic mass is 9.69. The third-order valence-corrected chi connectivity index (χ3v) is 6.55. The summed E-state index contributed by atoms with van der Waals surface area (Å²) in [6.07, 6.45) is 0.0999. The number of aliphatic carboxylic acids is 1. The first kappa shape index (κ1) is 17.9. The topological polar surface area (TPSA) is 91.9 Å². The van der Waals surface area contributed by atoms with E-state index in [9.17, 15) is 9.90 Å². The third kappa shape index (κ3) is 2.49. The first-order chi connectivity index (χ1) is 13.5. The Morgan fingerprint density at radius 1 is 1.25 bits per heavy atom. The van der Waals surface area contributed by atoms with Crippen molar-refractivity contribution in [3.8, 4) is 11.5 Å². The molecule has 0 spiro atoms. The standard InChI is InChI=1S/C20H20BrN3O4/c1-27-14-4-2-3-12-13-9-20(19(25)26,28-17(12)14)15-16(23-24-18(15)22-13)10-5-7-11(21)8-6-10/h2-8,13,15-16,18,22-24H,9H2,1H3,(H,25,26). The number of fused-ring (bicyclic) bond motifs is 6. The van der Waals surface area contributed by atoms with E-state index in [-0.39, 0.29) is 24.2 Å². The quantitative estimate of drug-likeness (QED) is 0.576. The lowest BCUT2D eigenvalue weighted by Crippen LogP contribution is -2.66. The minimum Gasteiger partial charge on any atom is -0.493 e. The summed E-state index contributed by atoms with van der Waals surface area (Å²) in [6, 6.07) is 13.2. The second-order valence-corrected chi connectivity index (χ2v) is 8.34. The molecule has 8 heteroatoms. The molecule has 5 atom stereocenters. The second kappa shape index (κ2) is 6.45. The molecule has 0 saturated carbocycles. The Balaban J connectivity index is 1.63. The highest BCUT2D eigenvalue weighted by molar-refractivity contribution is 9.10. The van der Waals surface area contributed by atoms with Crippen LogP contribution in [0.4, 0.5) is 0 Å². The zero-order chi connectivity index (χ0) is 19.5. The first-order valence-corrected chi connectivity index (χ1v) is 9.94. The fraction of sp³-hybridized carbons (Fsp3) is 0.350. The summed E-state index contributed by atoms with van der Waals surface area (Å²) in [4.78, 5) is 12.6. The Bertz CT molecular complexity index is 938. The van der Waals surface area contributed by atoms with Crippen molar-refractivity contribution in [2.24, 2.45) is 5.92 Å². The van der Waals surface area contributed by atoms with Gasteiger partial charge in [-0.15, -0.1) is 0 Å². The third-order valence-electron chi connectivity index (χ3n) is 6.02. The molecule has 0 aliphatic carbocycles. The number of hydrogen-bond donors (Lipinski definition) is 4. The molecule has 2 fully saturated rings. The van der Waals surface area contributed by atoms with E-state index in [1.165, 1.54) is 0 Å². The Morgan fingerprint density at radius 3 is 2.75 bits per heavy atom. The molecule has 3 heterocycles. The van der Waals surface area contributed by atoms with Gasteiger partial charge in [-0.2, -0.15) is 0 Å². The van der Waals surface area contributed by atoms with Gasteiger partial charge in [0.25, 0.3) is 0 Å². The number of para-hydroxylation sites is 1. The number of piperidine rings is 1. The van der Waals surface area contributed by atoms with E-state index in [1.807, 2.05) is 36.4 Å². The monoisotopic (exact) mass is 445 g/mol. The minimum atomic E-state index is -1.38. The number of hydrazine groups is 1. The van der Waals surface area contributed by atoms with E-state index in [4.69, 9.17) is 9.47 Å². The molecule has 2 aromatic carbocycles. The SMILES string of the molecule is COc1cccc2c1OC1(C(=O)O)CC2NC2NNC(c3ccc(Br)cc3)C21. The summed E-state index contributed by atoms with van der Waals surface area (Å²) in [6.45, 7) is 0. The summed E-state index contributed by atoms with van der Waals surface area (Å²) in [7, 11) is 1.57. The molecule has 4 N–H and O–H groups in total. The molecule has 5 unspecified atom stereocenters. The molecule has 5 rings (SSSR count). The fourth-order valence-electron chi connectivity index (χ4n) is 4.75. The number of hydrogen-bond acceptors (Lipinski definition) is 6. The number of carboxylic acids is 1. The van der Waals surface area contributed by atoms with Crippen molar-refractivity contribution in [1.29, 1.82) is 0 Å². The van der Waals surface area contributed by atoms with Gasteiger partial charge in [0.2, 0.25) is 5.60 Å². The van der Waals surface area contributed by atoms with E-state index in [2.05, 4.69) is 32.1 Å². The van der Waals surface area contributed by atoms with Gasteiger partial charge in [0.1, 0.15) is 0 Å². The van der Waals surface area contributed by atoms with Gasteiger partial charge < -0.3 is 14.6 Å². The van der Waals surface area contributed by atoms with Crippen molar-refractivity contribution in [3.63, 3.8) is 0 Å². The minimum absolute atomic E-state index is 0.144. The molecule has 7 nitrogen and oxygen atoms in total. The maximum Gasteiger partial charge on any atom is 0.348 e. The van der Waals surface area contributed by atoms with Crippen LogP contribution >= 0.6 is 15.9 Å². The maximum absolute atomic E-state index is 12.6. The summed E-state index contributed by atoms with van der Waals surface area (Å²) >= 11 is 3.45. The first-order valence-electron chi connectivity index (χ1n) is 9.15. The van der Waals surface area contributed by atoms with E-state index >= 15 is 0 Å². The Labute approximate surface area is 170 Å². The van der Waals surface area contributed by atoms with Crippen molar-refractivity contribution < 1.29 is 19.4 Å².